The van der Waals surface area contributed by atoms with E-state index in [1.165, 1.54) is 13.2 Å². The minimum Gasteiger partial charge on any atom is -0.494 e. The van der Waals surface area contributed by atoms with Crippen molar-refractivity contribution in [1.29, 1.82) is 0 Å². The van der Waals surface area contributed by atoms with Crippen LogP contribution in [0.25, 0.3) is 11.0 Å². The Morgan fingerprint density at radius 2 is 2.29 bits per heavy atom. The molecule has 0 bridgehead atoms. The third-order valence-corrected chi connectivity index (χ3v) is 1.87. The zero-order valence-electron chi connectivity index (χ0n) is 7.37. The Morgan fingerprint density at radius 3 is 3.00 bits per heavy atom. The highest BCUT2D eigenvalue weighted by molar-refractivity contribution is 5.76. The maximum absolute atomic E-state index is 13.5. The molecule has 1 N–H and O–H groups in total. The number of benzene rings is 1. The molecule has 0 fully saturated rings. The molecule has 0 saturated carbocycles. The van der Waals surface area contributed by atoms with E-state index in [4.69, 9.17) is 4.74 Å². The van der Waals surface area contributed by atoms with E-state index in [0.29, 0.717) is 5.52 Å². The van der Waals surface area contributed by atoms with Crippen LogP contribution in [0.3, 0.4) is 0 Å². The average Bonchev–Trinajstić information content (AvgIpc) is 2.18. The van der Waals surface area contributed by atoms with Crippen molar-refractivity contribution in [3.8, 4) is 5.75 Å². The lowest BCUT2D eigenvalue weighted by Crippen LogP contribution is -2.06. The minimum atomic E-state index is -0.568. The Hall–Kier alpha value is -1.91. The highest BCUT2D eigenvalue weighted by Crippen LogP contribution is 2.22. The van der Waals surface area contributed by atoms with Crippen LogP contribution in [0.2, 0.25) is 0 Å². The molecular weight excluding hydrogens is 187 g/mol. The SMILES string of the molecule is COc1ccc2[nH]c(=O)cnc2c1F. The Kier molecular flexibility index (Phi) is 1.92. The number of aromatic nitrogens is 2. The number of hydrogen-bond acceptors (Lipinski definition) is 3. The second-order valence-electron chi connectivity index (χ2n) is 2.73. The predicted molar refractivity (Wildman–Crippen MR) is 48.9 cm³/mol. The molecule has 0 aliphatic carbocycles. The number of fused-ring (bicyclic) bond motifs is 1. The molecule has 4 nitrogen and oxygen atoms in total. The van der Waals surface area contributed by atoms with E-state index in [1.54, 1.807) is 6.07 Å². The van der Waals surface area contributed by atoms with E-state index in [0.717, 1.165) is 6.20 Å². The summed E-state index contributed by atoms with van der Waals surface area (Å²) in [6.07, 6.45) is 1.03. The number of H-pyrrole nitrogens is 1. The molecule has 0 spiro atoms. The Balaban J connectivity index is 2.84. The fraction of sp³-hybridized carbons (Fsp3) is 0.111. The number of hydrogen-bond donors (Lipinski definition) is 1. The number of nitrogens with one attached hydrogen (secondary N) is 1. The van der Waals surface area contributed by atoms with Gasteiger partial charge in [-0.1, -0.05) is 0 Å². The van der Waals surface area contributed by atoms with Crippen molar-refractivity contribution in [2.24, 2.45) is 0 Å². The third-order valence-electron chi connectivity index (χ3n) is 1.87. The van der Waals surface area contributed by atoms with Crippen LogP contribution >= 0.6 is 0 Å². The molecule has 5 heteroatoms. The van der Waals surface area contributed by atoms with Gasteiger partial charge in [0.2, 0.25) is 0 Å². The molecule has 0 aliphatic rings. The Bertz CT molecular complexity index is 536. The number of halogens is 1. The van der Waals surface area contributed by atoms with Gasteiger partial charge < -0.3 is 9.72 Å². The highest BCUT2D eigenvalue weighted by Gasteiger charge is 2.08. The monoisotopic (exact) mass is 194 g/mol. The Labute approximate surface area is 78.4 Å². The molecule has 72 valence electrons. The number of ether oxygens (including phenoxy) is 1. The molecule has 1 aromatic heterocycles. The fourth-order valence-electron chi connectivity index (χ4n) is 1.22. The van der Waals surface area contributed by atoms with Gasteiger partial charge in [-0.3, -0.25) is 4.79 Å². The van der Waals surface area contributed by atoms with Gasteiger partial charge in [-0.25, -0.2) is 9.37 Å². The third kappa shape index (κ3) is 1.22. The van der Waals surface area contributed by atoms with Crippen LogP contribution in [0.1, 0.15) is 0 Å². The molecule has 0 atom stereocenters. The summed E-state index contributed by atoms with van der Waals surface area (Å²) in [5, 5.41) is 0. The van der Waals surface area contributed by atoms with Crippen molar-refractivity contribution in [2.45, 2.75) is 0 Å². The lowest BCUT2D eigenvalue weighted by atomic mass is 10.2. The summed E-state index contributed by atoms with van der Waals surface area (Å²) in [5.74, 6) is -0.460. The van der Waals surface area contributed by atoms with Crippen LogP contribution in [0.4, 0.5) is 4.39 Å². The maximum Gasteiger partial charge on any atom is 0.266 e. The van der Waals surface area contributed by atoms with Crippen LogP contribution in [-0.2, 0) is 0 Å². The van der Waals surface area contributed by atoms with Crippen molar-refractivity contribution in [3.63, 3.8) is 0 Å². The smallest absolute Gasteiger partial charge is 0.266 e. The summed E-state index contributed by atoms with van der Waals surface area (Å²) in [6, 6.07) is 2.99. The largest absolute Gasteiger partial charge is 0.494 e. The molecule has 1 heterocycles. The standard InChI is InChI=1S/C9H7FN2O2/c1-14-6-3-2-5-9(8(6)10)11-4-7(13)12-5/h2-4H,1H3,(H,12,13). The van der Waals surface area contributed by atoms with Crippen molar-refractivity contribution in [2.75, 3.05) is 7.11 Å². The van der Waals surface area contributed by atoms with Crippen LogP contribution < -0.4 is 10.3 Å². The number of methoxy groups -OCH3 is 1. The highest BCUT2D eigenvalue weighted by atomic mass is 19.1. The second kappa shape index (κ2) is 3.10. The van der Waals surface area contributed by atoms with E-state index < -0.39 is 5.82 Å². The topological polar surface area (TPSA) is 55.0 Å². The summed E-state index contributed by atoms with van der Waals surface area (Å²) < 4.78 is 18.3. The fourth-order valence-corrected chi connectivity index (χ4v) is 1.22. The van der Waals surface area contributed by atoms with Gasteiger partial charge in [-0.15, -0.1) is 0 Å². The van der Waals surface area contributed by atoms with Gasteiger partial charge in [0, 0.05) is 0 Å². The van der Waals surface area contributed by atoms with Crippen molar-refractivity contribution < 1.29 is 9.13 Å². The minimum absolute atomic E-state index is 0.101. The summed E-state index contributed by atoms with van der Waals surface area (Å²) in [6.45, 7) is 0. The number of nitrogens with zero attached hydrogens (tertiary/aromatic N) is 1. The van der Waals surface area contributed by atoms with Crippen molar-refractivity contribution in [3.05, 3.63) is 34.5 Å². The second-order valence-corrected chi connectivity index (χ2v) is 2.73. The molecule has 2 aromatic rings. The molecule has 14 heavy (non-hydrogen) atoms. The molecule has 0 saturated heterocycles. The lowest BCUT2D eigenvalue weighted by Gasteiger charge is -2.03. The molecule has 0 aliphatic heterocycles. The lowest BCUT2D eigenvalue weighted by molar-refractivity contribution is 0.388. The van der Waals surface area contributed by atoms with Crippen molar-refractivity contribution >= 4 is 11.0 Å². The first kappa shape index (κ1) is 8.68. The average molecular weight is 194 g/mol. The quantitative estimate of drug-likeness (QED) is 0.738. The van der Waals surface area contributed by atoms with Crippen molar-refractivity contribution in [1.82, 2.24) is 9.97 Å². The summed E-state index contributed by atoms with van der Waals surface area (Å²) in [5.41, 5.74) is 0.0989. The van der Waals surface area contributed by atoms with Gasteiger partial charge in [-0.2, -0.15) is 0 Å². The van der Waals surface area contributed by atoms with Gasteiger partial charge in [0.1, 0.15) is 5.52 Å². The zero-order valence-corrected chi connectivity index (χ0v) is 7.37. The summed E-state index contributed by atoms with van der Waals surface area (Å²) in [7, 11) is 1.37. The van der Waals surface area contributed by atoms with E-state index >= 15 is 0 Å². The zero-order chi connectivity index (χ0) is 10.1. The van der Waals surface area contributed by atoms with E-state index in [2.05, 4.69) is 9.97 Å². The molecule has 2 rings (SSSR count). The van der Waals surface area contributed by atoms with Crippen LogP contribution in [0.5, 0.6) is 5.75 Å². The van der Waals surface area contributed by atoms with Gasteiger partial charge in [0.05, 0.1) is 18.8 Å². The van der Waals surface area contributed by atoms with Gasteiger partial charge >= 0.3 is 0 Å². The Morgan fingerprint density at radius 1 is 1.50 bits per heavy atom. The van der Waals surface area contributed by atoms with Gasteiger partial charge in [0.15, 0.2) is 11.6 Å². The molecule has 0 amide bonds. The van der Waals surface area contributed by atoms with E-state index in [1.807, 2.05) is 0 Å². The van der Waals surface area contributed by atoms with Gasteiger partial charge in [-0.05, 0) is 12.1 Å². The summed E-state index contributed by atoms with van der Waals surface area (Å²) >= 11 is 0. The van der Waals surface area contributed by atoms with Gasteiger partial charge in [0.25, 0.3) is 5.56 Å². The first-order valence-electron chi connectivity index (χ1n) is 3.94. The number of aromatic amines is 1. The first-order valence-corrected chi connectivity index (χ1v) is 3.94. The number of rotatable bonds is 1. The normalized spacial score (nSPS) is 10.4. The van der Waals surface area contributed by atoms with Crippen LogP contribution in [0.15, 0.2) is 23.1 Å². The van der Waals surface area contributed by atoms with E-state index in [9.17, 15) is 9.18 Å². The molecular formula is C9H7FN2O2. The van der Waals surface area contributed by atoms with Crippen LogP contribution in [0, 0.1) is 5.82 Å². The first-order chi connectivity index (χ1) is 6.72. The van der Waals surface area contributed by atoms with Crippen LogP contribution in [-0.4, -0.2) is 17.1 Å². The van der Waals surface area contributed by atoms with E-state index in [-0.39, 0.29) is 16.8 Å². The molecule has 1 aromatic carbocycles. The molecule has 0 unspecified atom stereocenters. The predicted octanol–water partition coefficient (Wildman–Crippen LogP) is 1.07. The maximum atomic E-state index is 13.5. The molecule has 0 radical (unpaired) electrons. The summed E-state index contributed by atoms with van der Waals surface area (Å²) in [4.78, 5) is 17.0.